The fourth-order valence-electron chi connectivity index (χ4n) is 2.24. The number of methoxy groups -OCH3 is 2. The Balaban J connectivity index is 2.93. The zero-order chi connectivity index (χ0) is 14.4. The number of aliphatic hydroxyl groups excluding tert-OH is 1. The van der Waals surface area contributed by atoms with Gasteiger partial charge >= 0.3 is 0 Å². The molecule has 1 N–H and O–H groups in total. The van der Waals surface area contributed by atoms with E-state index in [0.717, 1.165) is 29.3 Å². The lowest BCUT2D eigenvalue weighted by Gasteiger charge is -2.19. The van der Waals surface area contributed by atoms with Crippen molar-refractivity contribution in [3.8, 4) is 11.5 Å². The maximum atomic E-state index is 10.4. The van der Waals surface area contributed by atoms with Crippen LogP contribution in [-0.2, 0) is 0 Å². The first kappa shape index (κ1) is 16.3. The van der Waals surface area contributed by atoms with Gasteiger partial charge in [-0.1, -0.05) is 42.6 Å². The van der Waals surface area contributed by atoms with Gasteiger partial charge in [-0.15, -0.1) is 0 Å². The van der Waals surface area contributed by atoms with Crippen molar-refractivity contribution in [2.75, 3.05) is 14.2 Å². The predicted molar refractivity (Wildman–Crippen MR) is 80.9 cm³/mol. The summed E-state index contributed by atoms with van der Waals surface area (Å²) < 4.78 is 11.4. The fourth-order valence-corrected chi connectivity index (χ4v) is 2.83. The number of halogens is 1. The summed E-state index contributed by atoms with van der Waals surface area (Å²) in [6, 6.07) is 3.67. The Hall–Kier alpha value is -0.740. The van der Waals surface area contributed by atoms with Crippen LogP contribution in [0.3, 0.4) is 0 Å². The van der Waals surface area contributed by atoms with Crippen molar-refractivity contribution >= 4 is 15.9 Å². The van der Waals surface area contributed by atoms with Crippen LogP contribution in [0, 0.1) is 5.92 Å². The largest absolute Gasteiger partial charge is 0.493 e. The summed E-state index contributed by atoms with van der Waals surface area (Å²) in [6.45, 7) is 4.33. The monoisotopic (exact) mass is 330 g/mol. The van der Waals surface area contributed by atoms with Crippen molar-refractivity contribution in [2.24, 2.45) is 5.92 Å². The summed E-state index contributed by atoms with van der Waals surface area (Å²) in [5, 5.41) is 10.4. The molecule has 0 aromatic heterocycles. The highest BCUT2D eigenvalue weighted by Gasteiger charge is 2.18. The Bertz CT molecular complexity index is 407. The van der Waals surface area contributed by atoms with Gasteiger partial charge in [0.2, 0.25) is 0 Å². The van der Waals surface area contributed by atoms with Gasteiger partial charge in [-0.25, -0.2) is 0 Å². The predicted octanol–water partition coefficient (Wildman–Crippen LogP) is 4.33. The van der Waals surface area contributed by atoms with Gasteiger partial charge in [0, 0.05) is 4.47 Å². The third-order valence-electron chi connectivity index (χ3n) is 3.27. The molecule has 19 heavy (non-hydrogen) atoms. The van der Waals surface area contributed by atoms with Crippen LogP contribution in [0.1, 0.15) is 44.8 Å². The minimum Gasteiger partial charge on any atom is -0.493 e. The molecule has 0 aliphatic heterocycles. The first-order valence-electron chi connectivity index (χ1n) is 6.62. The highest BCUT2D eigenvalue weighted by Crippen LogP contribution is 2.37. The minimum absolute atomic E-state index is 0.490. The van der Waals surface area contributed by atoms with Gasteiger partial charge in [0.25, 0.3) is 0 Å². The van der Waals surface area contributed by atoms with Crippen LogP contribution in [0.4, 0.5) is 0 Å². The second-order valence-corrected chi connectivity index (χ2v) is 5.73. The van der Waals surface area contributed by atoms with Gasteiger partial charge in [-0.2, -0.15) is 0 Å². The van der Waals surface area contributed by atoms with Crippen molar-refractivity contribution in [3.63, 3.8) is 0 Å². The second kappa shape index (κ2) is 7.75. The summed E-state index contributed by atoms with van der Waals surface area (Å²) in [6.07, 6.45) is 2.53. The number of hydrogen-bond donors (Lipinski definition) is 1. The lowest BCUT2D eigenvalue weighted by Crippen LogP contribution is -2.06. The summed E-state index contributed by atoms with van der Waals surface area (Å²) >= 11 is 3.49. The molecule has 1 rings (SSSR count). The van der Waals surface area contributed by atoms with Crippen LogP contribution in [0.25, 0.3) is 0 Å². The van der Waals surface area contributed by atoms with Crippen LogP contribution < -0.4 is 9.47 Å². The van der Waals surface area contributed by atoms with Crippen molar-refractivity contribution in [3.05, 3.63) is 22.2 Å². The Morgan fingerprint density at radius 3 is 2.32 bits per heavy atom. The van der Waals surface area contributed by atoms with Gasteiger partial charge in [0.05, 0.1) is 20.3 Å². The maximum Gasteiger partial charge on any atom is 0.161 e. The molecule has 0 aliphatic rings. The maximum absolute atomic E-state index is 10.4. The summed E-state index contributed by atoms with van der Waals surface area (Å²) in [5.41, 5.74) is 0.848. The van der Waals surface area contributed by atoms with Gasteiger partial charge in [-0.05, 0) is 30.0 Å². The standard InChI is InChI=1S/C15H23BrO3/c1-5-6-10(2)7-13(17)11-8-14(18-3)15(19-4)9-12(11)16/h8-10,13,17H,5-7H2,1-4H3. The van der Waals surface area contributed by atoms with Crippen molar-refractivity contribution < 1.29 is 14.6 Å². The molecule has 0 saturated carbocycles. The molecule has 0 aliphatic carbocycles. The molecule has 0 heterocycles. The molecule has 1 aromatic rings. The molecule has 4 heteroatoms. The SMILES string of the molecule is CCCC(C)CC(O)c1cc(OC)c(OC)cc1Br. The molecule has 0 spiro atoms. The first-order valence-corrected chi connectivity index (χ1v) is 7.42. The van der Waals surface area contributed by atoms with Crippen LogP contribution in [0.15, 0.2) is 16.6 Å². The quantitative estimate of drug-likeness (QED) is 0.808. The third-order valence-corrected chi connectivity index (χ3v) is 3.96. The summed E-state index contributed by atoms with van der Waals surface area (Å²) in [4.78, 5) is 0. The van der Waals surface area contributed by atoms with E-state index in [1.165, 1.54) is 0 Å². The molecule has 0 saturated heterocycles. The molecule has 2 atom stereocenters. The van der Waals surface area contributed by atoms with Crippen LogP contribution in [-0.4, -0.2) is 19.3 Å². The average molecular weight is 331 g/mol. The van der Waals surface area contributed by atoms with Crippen LogP contribution >= 0.6 is 15.9 Å². The lowest BCUT2D eigenvalue weighted by atomic mass is 9.95. The minimum atomic E-state index is -0.490. The van der Waals surface area contributed by atoms with E-state index in [0.29, 0.717) is 17.4 Å². The van der Waals surface area contributed by atoms with Crippen molar-refractivity contribution in [1.29, 1.82) is 0 Å². The smallest absolute Gasteiger partial charge is 0.161 e. The van der Waals surface area contributed by atoms with Crippen molar-refractivity contribution in [1.82, 2.24) is 0 Å². The number of ether oxygens (including phenoxy) is 2. The lowest BCUT2D eigenvalue weighted by molar-refractivity contribution is 0.144. The molecular formula is C15H23BrO3. The van der Waals surface area contributed by atoms with Crippen molar-refractivity contribution in [2.45, 2.75) is 39.2 Å². The molecule has 0 amide bonds. The Labute approximate surface area is 124 Å². The van der Waals surface area contributed by atoms with Gasteiger partial charge in [0.15, 0.2) is 11.5 Å². The molecule has 3 nitrogen and oxygen atoms in total. The van der Waals surface area contributed by atoms with E-state index in [9.17, 15) is 5.11 Å². The van der Waals surface area contributed by atoms with E-state index in [1.807, 2.05) is 12.1 Å². The fraction of sp³-hybridized carbons (Fsp3) is 0.600. The molecule has 0 bridgehead atoms. The van der Waals surface area contributed by atoms with E-state index in [1.54, 1.807) is 14.2 Å². The van der Waals surface area contributed by atoms with E-state index >= 15 is 0 Å². The average Bonchev–Trinajstić information content (AvgIpc) is 2.38. The Morgan fingerprint density at radius 1 is 1.21 bits per heavy atom. The van der Waals surface area contributed by atoms with E-state index in [4.69, 9.17) is 9.47 Å². The molecular weight excluding hydrogens is 308 g/mol. The summed E-state index contributed by atoms with van der Waals surface area (Å²) in [7, 11) is 3.20. The number of aliphatic hydroxyl groups is 1. The highest BCUT2D eigenvalue weighted by atomic mass is 79.9. The van der Waals surface area contributed by atoms with Gasteiger partial charge < -0.3 is 14.6 Å². The van der Waals surface area contributed by atoms with Gasteiger partial charge in [-0.3, -0.25) is 0 Å². The number of rotatable bonds is 7. The second-order valence-electron chi connectivity index (χ2n) is 4.87. The first-order chi connectivity index (χ1) is 9.03. The van der Waals surface area contributed by atoms with E-state index in [2.05, 4.69) is 29.8 Å². The Kier molecular flexibility index (Phi) is 6.66. The molecule has 1 aromatic carbocycles. The van der Waals surface area contributed by atoms with Crippen LogP contribution in [0.5, 0.6) is 11.5 Å². The zero-order valence-electron chi connectivity index (χ0n) is 12.1. The topological polar surface area (TPSA) is 38.7 Å². The molecule has 0 fully saturated rings. The Morgan fingerprint density at radius 2 is 1.79 bits per heavy atom. The highest BCUT2D eigenvalue weighted by molar-refractivity contribution is 9.10. The van der Waals surface area contributed by atoms with E-state index in [-0.39, 0.29) is 0 Å². The molecule has 0 radical (unpaired) electrons. The third kappa shape index (κ3) is 4.39. The summed E-state index contributed by atoms with van der Waals surface area (Å²) in [5.74, 6) is 1.80. The van der Waals surface area contributed by atoms with Crippen LogP contribution in [0.2, 0.25) is 0 Å². The molecule has 108 valence electrons. The number of benzene rings is 1. The van der Waals surface area contributed by atoms with Gasteiger partial charge in [0.1, 0.15) is 0 Å². The van der Waals surface area contributed by atoms with E-state index < -0.39 is 6.10 Å². The normalized spacial score (nSPS) is 14.0. The number of hydrogen-bond acceptors (Lipinski definition) is 3. The zero-order valence-corrected chi connectivity index (χ0v) is 13.7. The molecule has 2 unspecified atom stereocenters.